The van der Waals surface area contributed by atoms with E-state index in [1.54, 1.807) is 6.07 Å². The van der Waals surface area contributed by atoms with Crippen molar-refractivity contribution in [2.24, 2.45) is 14.8 Å². The van der Waals surface area contributed by atoms with Crippen molar-refractivity contribution in [2.75, 3.05) is 17.2 Å². The van der Waals surface area contributed by atoms with E-state index < -0.39 is 25.3 Å². The van der Waals surface area contributed by atoms with Crippen LogP contribution in [0.25, 0.3) is 10.6 Å². The van der Waals surface area contributed by atoms with Crippen molar-refractivity contribution < 1.29 is 17.7 Å². The number of nitrogens with zero attached hydrogens (tertiary/aromatic N) is 4. The van der Waals surface area contributed by atoms with Gasteiger partial charge in [0.15, 0.2) is 11.6 Å². The van der Waals surface area contributed by atoms with Gasteiger partial charge in [0, 0.05) is 18.5 Å². The van der Waals surface area contributed by atoms with E-state index in [1.165, 1.54) is 40.5 Å². The van der Waals surface area contributed by atoms with Gasteiger partial charge in [0.25, 0.3) is 5.56 Å². The summed E-state index contributed by atoms with van der Waals surface area (Å²) in [6.07, 6.45) is 3.04. The molecule has 2 aromatic heterocycles. The van der Waals surface area contributed by atoms with Gasteiger partial charge < -0.3 is 5.11 Å². The number of sulfonamides is 1. The quantitative estimate of drug-likeness (QED) is 0.475. The van der Waals surface area contributed by atoms with E-state index in [-0.39, 0.29) is 44.5 Å². The predicted molar refractivity (Wildman–Crippen MR) is 143 cm³/mol. The molecule has 1 aliphatic rings. The minimum atomic E-state index is -3.55. The average Bonchev–Trinajstić information content (AvgIpc) is 3.26. The summed E-state index contributed by atoms with van der Waals surface area (Å²) in [6.45, 7) is 6.46. The molecule has 0 radical (unpaired) electrons. The smallest absolute Gasteiger partial charge is 0.281 e. The Morgan fingerprint density at radius 1 is 1.22 bits per heavy atom. The molecule has 3 heterocycles. The van der Waals surface area contributed by atoms with Crippen LogP contribution in [0.4, 0.5) is 11.4 Å². The van der Waals surface area contributed by atoms with Crippen LogP contribution in [0.15, 0.2) is 54.8 Å². The maximum Gasteiger partial charge on any atom is 0.281 e. The molecule has 0 fully saturated rings. The van der Waals surface area contributed by atoms with Gasteiger partial charge in [-0.1, -0.05) is 26.8 Å². The lowest BCUT2D eigenvalue weighted by molar-refractivity contribution is 0.335. The first-order valence-electron chi connectivity index (χ1n) is 11.0. The Hall–Kier alpha value is -3.03. The summed E-state index contributed by atoms with van der Waals surface area (Å²) in [6, 6.07) is 7.98. The van der Waals surface area contributed by atoms with Gasteiger partial charge in [0.2, 0.25) is 10.0 Å². The zero-order valence-corrected chi connectivity index (χ0v) is 22.9. The second-order valence-corrected chi connectivity index (χ2v) is 14.7. The highest BCUT2D eigenvalue weighted by Crippen LogP contribution is 2.37. The van der Waals surface area contributed by atoms with Crippen LogP contribution in [-0.2, 0) is 26.3 Å². The Labute approximate surface area is 214 Å². The van der Waals surface area contributed by atoms with Gasteiger partial charge >= 0.3 is 0 Å². The fraction of sp³-hybridized carbons (Fsp3) is 0.348. The lowest BCUT2D eigenvalue weighted by Gasteiger charge is -2.20. The number of aliphatic imine (C=N–C) groups is 1. The van der Waals surface area contributed by atoms with Crippen molar-refractivity contribution in [3.63, 3.8) is 0 Å². The number of benzene rings is 1. The Balaban J connectivity index is 1.92. The second-order valence-electron chi connectivity index (χ2n) is 9.77. The van der Waals surface area contributed by atoms with Crippen molar-refractivity contribution in [2.45, 2.75) is 38.6 Å². The van der Waals surface area contributed by atoms with Crippen molar-refractivity contribution in [1.82, 2.24) is 9.78 Å². The van der Waals surface area contributed by atoms with E-state index in [2.05, 4.69) is 39.9 Å². The van der Waals surface area contributed by atoms with Gasteiger partial charge in [-0.25, -0.2) is 22.3 Å². The average molecular weight is 550 g/mol. The molecule has 3 aromatic rings. The van der Waals surface area contributed by atoms with Crippen LogP contribution >= 0.6 is 11.3 Å². The molecule has 10 nitrogen and oxygen atoms in total. The molecule has 0 unspecified atom stereocenters. The molecule has 2 N–H and O–H groups in total. The first kappa shape index (κ1) is 26.0. The number of anilines is 1. The predicted octanol–water partition coefficient (Wildman–Crippen LogP) is 4.03. The molecule has 0 spiro atoms. The van der Waals surface area contributed by atoms with Gasteiger partial charge in [0.1, 0.15) is 11.3 Å². The summed E-state index contributed by atoms with van der Waals surface area (Å²) in [7, 11) is -6.68. The third-order valence-electron chi connectivity index (χ3n) is 5.34. The standard InChI is InChI=1S/C23H27N5O5S3/c1-23(2,3)10-11-28-22(30)18(20(29)19(25-28)16-7-6-12-34-16)21-24-15-9-8-14(26-36(5,32)33)13-17(15)35(4,31)27-21/h6-9,12-13,26,29H,10-11H2,1-5H3/t35-/m1/s1. The zero-order valence-electron chi connectivity index (χ0n) is 20.5. The van der Waals surface area contributed by atoms with Gasteiger partial charge in [-0.3, -0.25) is 9.52 Å². The highest BCUT2D eigenvalue weighted by Gasteiger charge is 2.28. The number of hydrogen-bond acceptors (Lipinski definition) is 9. The zero-order chi connectivity index (χ0) is 26.5. The van der Waals surface area contributed by atoms with Gasteiger partial charge in [0.05, 0.1) is 31.4 Å². The SMILES string of the molecule is CC(C)(C)CCn1nc(-c2cccs2)c(O)c(C2=Nc3ccc(NS(C)(=O)=O)cc3[S@@](C)(=O)=N2)c1=O. The lowest BCUT2D eigenvalue weighted by Crippen LogP contribution is -2.31. The monoisotopic (exact) mass is 549 g/mol. The van der Waals surface area contributed by atoms with Crippen LogP contribution in [-0.4, -0.2) is 45.9 Å². The van der Waals surface area contributed by atoms with Gasteiger partial charge in [-0.15, -0.1) is 11.3 Å². The molecule has 13 heteroatoms. The first-order chi connectivity index (χ1) is 16.6. The molecule has 192 valence electrons. The van der Waals surface area contributed by atoms with E-state index >= 15 is 0 Å². The molecule has 4 rings (SSSR count). The van der Waals surface area contributed by atoms with E-state index in [9.17, 15) is 22.5 Å². The molecular formula is C23H27N5O5S3. The molecule has 0 saturated carbocycles. The molecule has 1 atom stereocenters. The van der Waals surface area contributed by atoms with Crippen molar-refractivity contribution >= 4 is 48.3 Å². The summed E-state index contributed by atoms with van der Waals surface area (Å²) in [5.41, 5.74) is -0.136. The number of aryl methyl sites for hydroxylation is 1. The Kier molecular flexibility index (Phi) is 6.60. The number of fused-ring (bicyclic) bond motifs is 1. The number of aromatic hydroxyl groups is 1. The van der Waals surface area contributed by atoms with Crippen LogP contribution < -0.4 is 10.3 Å². The minimum Gasteiger partial charge on any atom is -0.505 e. The Morgan fingerprint density at radius 3 is 2.56 bits per heavy atom. The summed E-state index contributed by atoms with van der Waals surface area (Å²) in [5.74, 6) is -0.544. The fourth-order valence-corrected chi connectivity index (χ4v) is 6.25. The van der Waals surface area contributed by atoms with Crippen molar-refractivity contribution in [3.05, 3.63) is 51.6 Å². The van der Waals surface area contributed by atoms with Crippen LogP contribution in [0.1, 0.15) is 32.8 Å². The molecule has 0 bridgehead atoms. The summed E-state index contributed by atoms with van der Waals surface area (Å²) >= 11 is 1.36. The normalized spacial score (nSPS) is 17.8. The van der Waals surface area contributed by atoms with Gasteiger partial charge in [-0.05, 0) is 41.5 Å². The molecule has 1 aliphatic heterocycles. The maximum atomic E-state index is 13.6. The number of rotatable bonds is 6. The Bertz CT molecular complexity index is 1660. The molecular weight excluding hydrogens is 522 g/mol. The summed E-state index contributed by atoms with van der Waals surface area (Å²) in [4.78, 5) is 18.8. The van der Waals surface area contributed by atoms with E-state index in [1.807, 2.05) is 11.4 Å². The molecule has 0 aliphatic carbocycles. The maximum absolute atomic E-state index is 13.6. The van der Waals surface area contributed by atoms with Crippen LogP contribution in [0, 0.1) is 5.41 Å². The number of nitrogens with one attached hydrogen (secondary N) is 1. The van der Waals surface area contributed by atoms with E-state index in [0.29, 0.717) is 17.8 Å². The number of amidine groups is 1. The van der Waals surface area contributed by atoms with Crippen LogP contribution in [0.3, 0.4) is 0 Å². The van der Waals surface area contributed by atoms with Crippen molar-refractivity contribution in [1.29, 1.82) is 0 Å². The molecule has 0 amide bonds. The topological polar surface area (TPSA) is 143 Å². The number of hydrogen-bond donors (Lipinski definition) is 2. The van der Waals surface area contributed by atoms with Crippen molar-refractivity contribution in [3.8, 4) is 16.3 Å². The third kappa shape index (κ3) is 5.52. The van der Waals surface area contributed by atoms with Gasteiger partial charge in [-0.2, -0.15) is 9.46 Å². The summed E-state index contributed by atoms with van der Waals surface area (Å²) in [5, 5.41) is 17.4. The first-order valence-corrected chi connectivity index (χ1v) is 15.7. The molecule has 0 saturated heterocycles. The Morgan fingerprint density at radius 2 is 1.94 bits per heavy atom. The number of thiophene rings is 1. The van der Waals surface area contributed by atoms with E-state index in [0.717, 1.165) is 6.26 Å². The second kappa shape index (κ2) is 9.12. The fourth-order valence-electron chi connectivity index (χ4n) is 3.57. The highest BCUT2D eigenvalue weighted by molar-refractivity contribution is 7.93. The minimum absolute atomic E-state index is 0.0661. The summed E-state index contributed by atoms with van der Waals surface area (Å²) < 4.78 is 44.7. The van der Waals surface area contributed by atoms with E-state index in [4.69, 9.17) is 0 Å². The largest absolute Gasteiger partial charge is 0.505 e. The lowest BCUT2D eigenvalue weighted by atomic mass is 9.92. The molecule has 36 heavy (non-hydrogen) atoms. The number of aromatic nitrogens is 2. The highest BCUT2D eigenvalue weighted by atomic mass is 32.2. The van der Waals surface area contributed by atoms with Crippen LogP contribution in [0.5, 0.6) is 5.75 Å². The third-order valence-corrected chi connectivity index (χ3v) is 8.49. The molecule has 1 aromatic carbocycles. The van der Waals surface area contributed by atoms with Crippen LogP contribution in [0.2, 0.25) is 0 Å².